The molecule has 0 bridgehead atoms. The van der Waals surface area contributed by atoms with Gasteiger partial charge >= 0.3 is 0 Å². The zero-order chi connectivity index (χ0) is 13.2. The molecule has 0 spiro atoms. The van der Waals surface area contributed by atoms with E-state index in [0.29, 0.717) is 10.6 Å². The van der Waals surface area contributed by atoms with Crippen LogP contribution in [0.4, 0.5) is 0 Å². The second-order valence-corrected chi connectivity index (χ2v) is 5.38. The van der Waals surface area contributed by atoms with Gasteiger partial charge in [0.05, 0.1) is 16.8 Å². The SMILES string of the molecule is Cc1ccc(C(=O)c2cnn(-c3ccccc3)n2)s1. The molecule has 0 aliphatic heterocycles. The number of rotatable bonds is 3. The Morgan fingerprint density at radius 1 is 1.16 bits per heavy atom. The first-order valence-corrected chi connectivity index (χ1v) is 6.64. The van der Waals surface area contributed by atoms with E-state index in [4.69, 9.17) is 0 Å². The van der Waals surface area contributed by atoms with E-state index >= 15 is 0 Å². The topological polar surface area (TPSA) is 47.8 Å². The van der Waals surface area contributed by atoms with Gasteiger partial charge in [-0.3, -0.25) is 4.79 Å². The number of carbonyl (C=O) groups excluding carboxylic acids is 1. The Hall–Kier alpha value is -2.27. The maximum atomic E-state index is 12.2. The van der Waals surface area contributed by atoms with Gasteiger partial charge in [0.15, 0.2) is 5.69 Å². The molecule has 3 aromatic rings. The molecule has 0 saturated heterocycles. The minimum atomic E-state index is -0.0831. The first-order valence-electron chi connectivity index (χ1n) is 5.83. The molecule has 3 rings (SSSR count). The molecular formula is C14H11N3OS. The second kappa shape index (κ2) is 4.78. The number of benzene rings is 1. The number of hydrogen-bond donors (Lipinski definition) is 0. The quantitative estimate of drug-likeness (QED) is 0.687. The van der Waals surface area contributed by atoms with Crippen molar-refractivity contribution in [1.82, 2.24) is 15.0 Å². The predicted molar refractivity (Wildman–Crippen MR) is 73.8 cm³/mol. The second-order valence-electron chi connectivity index (χ2n) is 4.09. The van der Waals surface area contributed by atoms with Crippen molar-refractivity contribution in [2.24, 2.45) is 0 Å². The van der Waals surface area contributed by atoms with Crippen LogP contribution in [0.1, 0.15) is 20.2 Å². The molecule has 94 valence electrons. The lowest BCUT2D eigenvalue weighted by Gasteiger charge is -1.97. The van der Waals surface area contributed by atoms with Crippen LogP contribution in [0.2, 0.25) is 0 Å². The van der Waals surface area contributed by atoms with Crippen LogP contribution in [0, 0.1) is 6.92 Å². The van der Waals surface area contributed by atoms with Gasteiger partial charge in [0.2, 0.25) is 5.78 Å². The van der Waals surface area contributed by atoms with E-state index in [2.05, 4.69) is 10.2 Å². The van der Waals surface area contributed by atoms with Crippen LogP contribution < -0.4 is 0 Å². The summed E-state index contributed by atoms with van der Waals surface area (Å²) in [5, 5.41) is 8.36. The smallest absolute Gasteiger partial charge is 0.224 e. The average molecular weight is 269 g/mol. The molecule has 19 heavy (non-hydrogen) atoms. The monoisotopic (exact) mass is 269 g/mol. The summed E-state index contributed by atoms with van der Waals surface area (Å²) in [4.78, 5) is 15.5. The summed E-state index contributed by atoms with van der Waals surface area (Å²) in [6.07, 6.45) is 1.50. The van der Waals surface area contributed by atoms with Crippen LogP contribution in [0.25, 0.3) is 5.69 Å². The van der Waals surface area contributed by atoms with Crippen molar-refractivity contribution in [2.45, 2.75) is 6.92 Å². The van der Waals surface area contributed by atoms with Gasteiger partial charge in [0.1, 0.15) is 0 Å². The Morgan fingerprint density at radius 3 is 2.63 bits per heavy atom. The first kappa shape index (κ1) is 11.8. The molecule has 4 nitrogen and oxygen atoms in total. The van der Waals surface area contributed by atoms with Crippen molar-refractivity contribution < 1.29 is 4.79 Å². The molecule has 0 radical (unpaired) electrons. The third-order valence-corrected chi connectivity index (χ3v) is 3.68. The van der Waals surface area contributed by atoms with Crippen molar-refractivity contribution >= 4 is 17.1 Å². The van der Waals surface area contributed by atoms with Crippen LogP contribution in [-0.4, -0.2) is 20.8 Å². The fourth-order valence-corrected chi connectivity index (χ4v) is 2.55. The number of nitrogens with zero attached hydrogens (tertiary/aromatic N) is 3. The minimum Gasteiger partial charge on any atom is -0.286 e. The summed E-state index contributed by atoms with van der Waals surface area (Å²) >= 11 is 1.47. The summed E-state index contributed by atoms with van der Waals surface area (Å²) < 4.78 is 0. The van der Waals surface area contributed by atoms with Crippen LogP contribution in [0.5, 0.6) is 0 Å². The van der Waals surface area contributed by atoms with Gasteiger partial charge in [-0.05, 0) is 31.2 Å². The highest BCUT2D eigenvalue weighted by Crippen LogP contribution is 2.18. The number of para-hydroxylation sites is 1. The van der Waals surface area contributed by atoms with E-state index < -0.39 is 0 Å². The molecule has 0 unspecified atom stereocenters. The van der Waals surface area contributed by atoms with Crippen molar-refractivity contribution in [3.05, 3.63) is 64.1 Å². The Labute approximate surface area is 114 Å². The Kier molecular flexibility index (Phi) is 2.97. The number of carbonyl (C=O) groups is 1. The Morgan fingerprint density at radius 2 is 1.95 bits per heavy atom. The molecule has 0 atom stereocenters. The van der Waals surface area contributed by atoms with E-state index in [0.717, 1.165) is 10.6 Å². The van der Waals surface area contributed by atoms with E-state index in [1.807, 2.05) is 49.4 Å². The molecule has 0 aliphatic rings. The van der Waals surface area contributed by atoms with Gasteiger partial charge in [0, 0.05) is 4.88 Å². The Bertz CT molecular complexity index is 715. The first-order chi connectivity index (χ1) is 9.24. The van der Waals surface area contributed by atoms with Crippen LogP contribution >= 0.6 is 11.3 Å². The summed E-state index contributed by atoms with van der Waals surface area (Å²) in [7, 11) is 0. The highest BCUT2D eigenvalue weighted by molar-refractivity contribution is 7.14. The van der Waals surface area contributed by atoms with E-state index in [-0.39, 0.29) is 5.78 Å². The van der Waals surface area contributed by atoms with Crippen LogP contribution in [0.3, 0.4) is 0 Å². The van der Waals surface area contributed by atoms with Gasteiger partial charge in [-0.2, -0.15) is 9.90 Å². The van der Waals surface area contributed by atoms with Crippen LogP contribution in [0.15, 0.2) is 48.7 Å². The fraction of sp³-hybridized carbons (Fsp3) is 0.0714. The standard InChI is InChI=1S/C14H11N3OS/c1-10-7-8-13(19-10)14(18)12-9-15-17(16-12)11-5-3-2-4-6-11/h2-9H,1H3. The third kappa shape index (κ3) is 2.32. The fourth-order valence-electron chi connectivity index (χ4n) is 1.74. The van der Waals surface area contributed by atoms with Crippen molar-refractivity contribution in [3.63, 3.8) is 0 Å². The van der Waals surface area contributed by atoms with Gasteiger partial charge < -0.3 is 0 Å². The molecule has 1 aromatic carbocycles. The van der Waals surface area contributed by atoms with E-state index in [1.54, 1.807) is 0 Å². The average Bonchev–Trinajstić information content (AvgIpc) is 3.08. The predicted octanol–water partition coefficient (Wildman–Crippen LogP) is 2.87. The highest BCUT2D eigenvalue weighted by Gasteiger charge is 2.15. The highest BCUT2D eigenvalue weighted by atomic mass is 32.1. The van der Waals surface area contributed by atoms with Crippen molar-refractivity contribution in [3.8, 4) is 5.69 Å². The van der Waals surface area contributed by atoms with Crippen LogP contribution in [-0.2, 0) is 0 Å². The zero-order valence-electron chi connectivity index (χ0n) is 10.3. The number of hydrogen-bond acceptors (Lipinski definition) is 4. The maximum Gasteiger partial charge on any atom is 0.224 e. The van der Waals surface area contributed by atoms with Gasteiger partial charge in [-0.25, -0.2) is 0 Å². The lowest BCUT2D eigenvalue weighted by atomic mass is 10.2. The number of aryl methyl sites for hydroxylation is 1. The Balaban J connectivity index is 1.92. The van der Waals surface area contributed by atoms with Gasteiger partial charge in [0.25, 0.3) is 0 Å². The molecule has 5 heteroatoms. The van der Waals surface area contributed by atoms with Gasteiger partial charge in [-0.1, -0.05) is 18.2 Å². The number of thiophene rings is 1. The third-order valence-electron chi connectivity index (χ3n) is 2.68. The molecule has 0 amide bonds. The lowest BCUT2D eigenvalue weighted by Crippen LogP contribution is -2.03. The maximum absolute atomic E-state index is 12.2. The van der Waals surface area contributed by atoms with Crippen molar-refractivity contribution in [2.75, 3.05) is 0 Å². The lowest BCUT2D eigenvalue weighted by molar-refractivity contribution is 0.103. The summed E-state index contributed by atoms with van der Waals surface area (Å²) in [6, 6.07) is 13.3. The molecule has 0 saturated carbocycles. The van der Waals surface area contributed by atoms with Crippen molar-refractivity contribution in [1.29, 1.82) is 0 Å². The molecular weight excluding hydrogens is 258 g/mol. The molecule has 0 fully saturated rings. The largest absolute Gasteiger partial charge is 0.286 e. The summed E-state index contributed by atoms with van der Waals surface area (Å²) in [5.74, 6) is -0.0831. The molecule has 0 N–H and O–H groups in total. The van der Waals surface area contributed by atoms with E-state index in [9.17, 15) is 4.79 Å². The van der Waals surface area contributed by atoms with Gasteiger partial charge in [-0.15, -0.1) is 16.4 Å². The number of aromatic nitrogens is 3. The summed E-state index contributed by atoms with van der Waals surface area (Å²) in [6.45, 7) is 1.97. The molecule has 2 heterocycles. The molecule has 0 aliphatic carbocycles. The number of ketones is 1. The normalized spacial score (nSPS) is 10.6. The summed E-state index contributed by atoms with van der Waals surface area (Å²) in [5.41, 5.74) is 1.20. The van der Waals surface area contributed by atoms with E-state index in [1.165, 1.54) is 22.3 Å². The molecule has 2 aromatic heterocycles. The zero-order valence-corrected chi connectivity index (χ0v) is 11.1. The minimum absolute atomic E-state index is 0.0831.